The number of Topliss-reactive ketones (excluding diaryl/α,β-unsaturated/α-hetero) is 1. The fourth-order valence-corrected chi connectivity index (χ4v) is 3.81. The fraction of sp³-hybridized carbons (Fsp3) is 0.160. The number of benzene rings is 2. The molecule has 2 amide bonds. The van der Waals surface area contributed by atoms with Crippen molar-refractivity contribution in [1.82, 2.24) is 0 Å². The van der Waals surface area contributed by atoms with E-state index in [0.29, 0.717) is 22.7 Å². The molecule has 4 rings (SSSR count). The van der Waals surface area contributed by atoms with Crippen LogP contribution in [0, 0.1) is 0 Å². The first-order valence-corrected chi connectivity index (χ1v) is 10.2. The molecule has 2 heterocycles. The maximum absolute atomic E-state index is 13.1. The van der Waals surface area contributed by atoms with Crippen LogP contribution in [0.2, 0.25) is 0 Å². The molecule has 0 saturated carbocycles. The molecule has 7 heteroatoms. The molecule has 2 N–H and O–H groups in total. The number of hydrogen-bond donors (Lipinski definition) is 2. The Morgan fingerprint density at radius 2 is 1.84 bits per heavy atom. The highest BCUT2D eigenvalue weighted by Gasteiger charge is 2.48. The predicted octanol–water partition coefficient (Wildman–Crippen LogP) is 4.43. The SMILES string of the molecule is CCc1ccc(/C(O)=C2/C(=O)C(=O)N(c3cccc(NC(C)=O)c3)C2c2ccco2)cc1. The van der Waals surface area contributed by atoms with Crippen LogP contribution in [0.15, 0.2) is 76.9 Å². The minimum absolute atomic E-state index is 0.0564. The molecule has 0 radical (unpaired) electrons. The summed E-state index contributed by atoms with van der Waals surface area (Å²) in [6.07, 6.45) is 2.28. The van der Waals surface area contributed by atoms with E-state index in [1.165, 1.54) is 18.1 Å². The monoisotopic (exact) mass is 430 g/mol. The molecule has 1 aromatic heterocycles. The maximum Gasteiger partial charge on any atom is 0.300 e. The van der Waals surface area contributed by atoms with Crippen molar-refractivity contribution in [1.29, 1.82) is 0 Å². The van der Waals surface area contributed by atoms with Crippen LogP contribution in [0.4, 0.5) is 11.4 Å². The van der Waals surface area contributed by atoms with Crippen LogP contribution in [0.5, 0.6) is 0 Å². The van der Waals surface area contributed by atoms with Gasteiger partial charge in [-0.15, -0.1) is 0 Å². The smallest absolute Gasteiger partial charge is 0.300 e. The van der Waals surface area contributed by atoms with Crippen LogP contribution < -0.4 is 10.2 Å². The molecule has 1 fully saturated rings. The van der Waals surface area contributed by atoms with Crippen molar-refractivity contribution >= 4 is 34.7 Å². The number of amides is 2. The van der Waals surface area contributed by atoms with Gasteiger partial charge in [-0.2, -0.15) is 0 Å². The third kappa shape index (κ3) is 3.80. The van der Waals surface area contributed by atoms with Crippen LogP contribution in [-0.2, 0) is 20.8 Å². The number of furan rings is 1. The van der Waals surface area contributed by atoms with Gasteiger partial charge in [0, 0.05) is 23.9 Å². The second-order valence-corrected chi connectivity index (χ2v) is 7.47. The van der Waals surface area contributed by atoms with Crippen molar-refractivity contribution in [3.63, 3.8) is 0 Å². The van der Waals surface area contributed by atoms with Crippen LogP contribution in [0.1, 0.15) is 36.8 Å². The van der Waals surface area contributed by atoms with Crippen molar-refractivity contribution in [3.05, 3.63) is 89.4 Å². The van der Waals surface area contributed by atoms with E-state index in [1.54, 1.807) is 48.5 Å². The minimum atomic E-state index is -0.955. The van der Waals surface area contributed by atoms with Gasteiger partial charge >= 0.3 is 0 Å². The average molecular weight is 430 g/mol. The lowest BCUT2D eigenvalue weighted by Gasteiger charge is -2.24. The quantitative estimate of drug-likeness (QED) is 0.354. The second-order valence-electron chi connectivity index (χ2n) is 7.47. The number of rotatable bonds is 5. The van der Waals surface area contributed by atoms with Gasteiger partial charge in [-0.1, -0.05) is 37.3 Å². The molecular formula is C25H22N2O5. The number of anilines is 2. The lowest BCUT2D eigenvalue weighted by Crippen LogP contribution is -2.29. The van der Waals surface area contributed by atoms with Crippen LogP contribution >= 0.6 is 0 Å². The Kier molecular flexibility index (Phi) is 5.64. The molecule has 1 aliphatic heterocycles. The van der Waals surface area contributed by atoms with Crippen molar-refractivity contribution in [2.24, 2.45) is 0 Å². The zero-order valence-corrected chi connectivity index (χ0v) is 17.7. The number of aliphatic hydroxyl groups is 1. The second kappa shape index (κ2) is 8.55. The van der Waals surface area contributed by atoms with E-state index in [-0.39, 0.29) is 17.2 Å². The van der Waals surface area contributed by atoms with Gasteiger partial charge in [-0.05, 0) is 42.3 Å². The lowest BCUT2D eigenvalue weighted by atomic mass is 9.98. The van der Waals surface area contributed by atoms with Gasteiger partial charge in [0.15, 0.2) is 0 Å². The fourth-order valence-electron chi connectivity index (χ4n) is 3.81. The van der Waals surface area contributed by atoms with Crippen molar-refractivity contribution in [2.45, 2.75) is 26.3 Å². The molecule has 162 valence electrons. The molecule has 1 aliphatic rings. The number of hydrogen-bond acceptors (Lipinski definition) is 5. The molecule has 2 aromatic carbocycles. The maximum atomic E-state index is 13.1. The van der Waals surface area contributed by atoms with E-state index in [9.17, 15) is 19.5 Å². The molecule has 1 saturated heterocycles. The molecule has 1 unspecified atom stereocenters. The van der Waals surface area contributed by atoms with Crippen molar-refractivity contribution in [3.8, 4) is 0 Å². The molecule has 0 aliphatic carbocycles. The van der Waals surface area contributed by atoms with Crippen LogP contribution in [0.3, 0.4) is 0 Å². The third-order valence-electron chi connectivity index (χ3n) is 5.34. The molecular weight excluding hydrogens is 408 g/mol. The van der Waals surface area contributed by atoms with E-state index in [1.807, 2.05) is 19.1 Å². The van der Waals surface area contributed by atoms with Gasteiger partial charge in [-0.3, -0.25) is 19.3 Å². The predicted molar refractivity (Wildman–Crippen MR) is 120 cm³/mol. The summed E-state index contributed by atoms with van der Waals surface area (Å²) in [5.41, 5.74) is 2.33. The van der Waals surface area contributed by atoms with Gasteiger partial charge in [0.1, 0.15) is 17.6 Å². The normalized spacial score (nSPS) is 17.6. The molecule has 3 aromatic rings. The molecule has 0 spiro atoms. The number of ketones is 1. The van der Waals surface area contributed by atoms with Gasteiger partial charge < -0.3 is 14.8 Å². The summed E-state index contributed by atoms with van der Waals surface area (Å²) in [4.78, 5) is 38.9. The molecule has 32 heavy (non-hydrogen) atoms. The largest absolute Gasteiger partial charge is 0.507 e. The Labute approximate surface area is 185 Å². The Morgan fingerprint density at radius 1 is 1.09 bits per heavy atom. The number of carbonyl (C=O) groups is 3. The number of nitrogens with one attached hydrogen (secondary N) is 1. The number of carbonyl (C=O) groups excluding carboxylic acids is 3. The minimum Gasteiger partial charge on any atom is -0.507 e. The van der Waals surface area contributed by atoms with Crippen molar-refractivity contribution < 1.29 is 23.9 Å². The summed E-state index contributed by atoms with van der Waals surface area (Å²) in [5.74, 6) is -1.80. The van der Waals surface area contributed by atoms with E-state index < -0.39 is 17.7 Å². The molecule has 0 bridgehead atoms. The van der Waals surface area contributed by atoms with Gasteiger partial charge in [0.2, 0.25) is 5.91 Å². The number of aryl methyl sites for hydroxylation is 1. The summed E-state index contributed by atoms with van der Waals surface area (Å²) in [6.45, 7) is 3.40. The van der Waals surface area contributed by atoms with E-state index >= 15 is 0 Å². The van der Waals surface area contributed by atoms with E-state index in [2.05, 4.69) is 5.32 Å². The Balaban J connectivity index is 1.86. The highest BCUT2D eigenvalue weighted by molar-refractivity contribution is 6.51. The lowest BCUT2D eigenvalue weighted by molar-refractivity contribution is -0.132. The molecule has 7 nitrogen and oxygen atoms in total. The van der Waals surface area contributed by atoms with Gasteiger partial charge in [0.25, 0.3) is 11.7 Å². The standard InChI is InChI=1S/C25H22N2O5/c1-3-16-9-11-17(12-10-16)23(29)21-22(20-8-5-13-32-20)27(25(31)24(21)30)19-7-4-6-18(14-19)26-15(2)28/h4-14,22,29H,3H2,1-2H3,(H,26,28)/b23-21-. The Morgan fingerprint density at radius 3 is 2.47 bits per heavy atom. The third-order valence-corrected chi connectivity index (χ3v) is 5.34. The first kappa shape index (κ1) is 21.1. The highest BCUT2D eigenvalue weighted by Crippen LogP contribution is 2.42. The van der Waals surface area contributed by atoms with E-state index in [4.69, 9.17) is 4.42 Å². The summed E-state index contributed by atoms with van der Waals surface area (Å²) < 4.78 is 5.55. The zero-order chi connectivity index (χ0) is 22.8. The summed E-state index contributed by atoms with van der Waals surface area (Å²) in [7, 11) is 0. The van der Waals surface area contributed by atoms with Crippen LogP contribution in [0.25, 0.3) is 5.76 Å². The average Bonchev–Trinajstić information content (AvgIpc) is 3.40. The topological polar surface area (TPSA) is 99.9 Å². The summed E-state index contributed by atoms with van der Waals surface area (Å²) >= 11 is 0. The van der Waals surface area contributed by atoms with Crippen molar-refractivity contribution in [2.75, 3.05) is 10.2 Å². The molecule has 1 atom stereocenters. The first-order valence-electron chi connectivity index (χ1n) is 10.2. The van der Waals surface area contributed by atoms with E-state index in [0.717, 1.165) is 12.0 Å². The summed E-state index contributed by atoms with van der Waals surface area (Å²) in [6, 6.07) is 16.1. The van der Waals surface area contributed by atoms with Crippen LogP contribution in [-0.4, -0.2) is 22.7 Å². The summed E-state index contributed by atoms with van der Waals surface area (Å²) in [5, 5.41) is 13.7. The highest BCUT2D eigenvalue weighted by atomic mass is 16.3. The van der Waals surface area contributed by atoms with Gasteiger partial charge in [-0.25, -0.2) is 0 Å². The number of nitrogens with zero attached hydrogens (tertiary/aromatic N) is 1. The first-order chi connectivity index (χ1) is 15.4. The zero-order valence-electron chi connectivity index (χ0n) is 17.7. The van der Waals surface area contributed by atoms with Gasteiger partial charge in [0.05, 0.1) is 11.8 Å². The Bertz CT molecular complexity index is 1210. The number of aliphatic hydroxyl groups excluding tert-OH is 1. The Hall–Kier alpha value is -4.13.